The Hall–Kier alpha value is -2.60. The molecule has 0 radical (unpaired) electrons. The summed E-state index contributed by atoms with van der Waals surface area (Å²) in [7, 11) is 0. The summed E-state index contributed by atoms with van der Waals surface area (Å²) in [6, 6.07) is 16.4. The summed E-state index contributed by atoms with van der Waals surface area (Å²) in [4.78, 5) is 12.0. The van der Waals surface area contributed by atoms with Crippen molar-refractivity contribution in [3.63, 3.8) is 0 Å². The molecular weight excluding hydrogens is 310 g/mol. The lowest BCUT2D eigenvalue weighted by Crippen LogP contribution is -2.43. The van der Waals surface area contributed by atoms with Gasteiger partial charge in [-0.15, -0.1) is 0 Å². The molecule has 0 spiro atoms. The van der Waals surface area contributed by atoms with Gasteiger partial charge in [-0.2, -0.15) is 0 Å². The van der Waals surface area contributed by atoms with Gasteiger partial charge in [0.2, 0.25) is 0 Å². The molecule has 2 rings (SSSR count). The molecule has 0 atom stereocenters. The molecule has 0 aromatic heterocycles. The maximum absolute atomic E-state index is 12.0. The SMILES string of the molecule is CCCOc1ccc(C(=O)NNC(=S)Nc2ccccc2)cc1. The van der Waals surface area contributed by atoms with Crippen LogP contribution in [0.2, 0.25) is 0 Å². The molecule has 0 bridgehead atoms. The van der Waals surface area contributed by atoms with Gasteiger partial charge < -0.3 is 10.1 Å². The van der Waals surface area contributed by atoms with Crippen LogP contribution >= 0.6 is 12.2 Å². The fraction of sp³-hybridized carbons (Fsp3) is 0.176. The molecule has 2 aromatic carbocycles. The predicted octanol–water partition coefficient (Wildman–Crippen LogP) is 3.11. The standard InChI is InChI=1S/C17H19N3O2S/c1-2-12-22-15-10-8-13(9-11-15)16(21)19-20-17(23)18-14-6-4-3-5-7-14/h3-11H,2,12H2,1H3,(H,19,21)(H2,18,20,23). The second-order valence-corrected chi connectivity index (χ2v) is 5.18. The number of carbonyl (C=O) groups excluding carboxylic acids is 1. The summed E-state index contributed by atoms with van der Waals surface area (Å²) in [6.45, 7) is 2.70. The largest absolute Gasteiger partial charge is 0.494 e. The topological polar surface area (TPSA) is 62.4 Å². The molecule has 0 unspecified atom stereocenters. The Morgan fingerprint density at radius 2 is 1.74 bits per heavy atom. The molecule has 0 saturated carbocycles. The molecule has 1 amide bonds. The lowest BCUT2D eigenvalue weighted by molar-refractivity contribution is 0.0944. The number of hydrazine groups is 1. The first-order valence-electron chi connectivity index (χ1n) is 7.34. The molecule has 23 heavy (non-hydrogen) atoms. The van der Waals surface area contributed by atoms with Gasteiger partial charge >= 0.3 is 0 Å². The number of nitrogens with one attached hydrogen (secondary N) is 3. The lowest BCUT2D eigenvalue weighted by atomic mass is 10.2. The minimum absolute atomic E-state index is 0.274. The minimum atomic E-state index is -0.274. The van der Waals surface area contributed by atoms with Gasteiger partial charge in [-0.25, -0.2) is 0 Å². The number of carbonyl (C=O) groups is 1. The van der Waals surface area contributed by atoms with E-state index in [1.807, 2.05) is 37.3 Å². The van der Waals surface area contributed by atoms with Crippen molar-refractivity contribution in [1.82, 2.24) is 10.9 Å². The quantitative estimate of drug-likeness (QED) is 0.581. The van der Waals surface area contributed by atoms with Crippen LogP contribution in [0.5, 0.6) is 5.75 Å². The van der Waals surface area contributed by atoms with Crippen LogP contribution in [0.3, 0.4) is 0 Å². The first-order valence-corrected chi connectivity index (χ1v) is 7.75. The van der Waals surface area contributed by atoms with Gasteiger partial charge in [-0.05, 0) is 55.0 Å². The number of benzene rings is 2. The Labute approximate surface area is 141 Å². The highest BCUT2D eigenvalue weighted by Crippen LogP contribution is 2.12. The van der Waals surface area contributed by atoms with Crippen molar-refractivity contribution in [2.75, 3.05) is 11.9 Å². The zero-order valence-corrected chi connectivity index (χ0v) is 13.7. The summed E-state index contributed by atoms with van der Waals surface area (Å²) >= 11 is 5.12. The average molecular weight is 329 g/mol. The van der Waals surface area contributed by atoms with Crippen molar-refractivity contribution in [3.8, 4) is 5.75 Å². The third-order valence-electron chi connectivity index (χ3n) is 2.91. The van der Waals surface area contributed by atoms with Gasteiger partial charge in [0, 0.05) is 11.3 Å². The van der Waals surface area contributed by atoms with E-state index in [1.54, 1.807) is 24.3 Å². The molecular formula is C17H19N3O2S. The number of rotatable bonds is 5. The molecule has 0 aliphatic carbocycles. The molecule has 0 saturated heterocycles. The van der Waals surface area contributed by atoms with Crippen molar-refractivity contribution in [2.45, 2.75) is 13.3 Å². The van der Waals surface area contributed by atoms with Crippen molar-refractivity contribution < 1.29 is 9.53 Å². The summed E-state index contributed by atoms with van der Waals surface area (Å²) in [5.41, 5.74) is 6.58. The molecule has 0 fully saturated rings. The molecule has 3 N–H and O–H groups in total. The van der Waals surface area contributed by atoms with Crippen LogP contribution in [0.15, 0.2) is 54.6 Å². The van der Waals surface area contributed by atoms with E-state index in [9.17, 15) is 4.79 Å². The zero-order valence-electron chi connectivity index (χ0n) is 12.8. The average Bonchev–Trinajstić information content (AvgIpc) is 2.59. The molecule has 120 valence electrons. The Balaban J connectivity index is 1.81. The highest BCUT2D eigenvalue weighted by Gasteiger charge is 2.06. The maximum atomic E-state index is 12.0. The van der Waals surface area contributed by atoms with Crippen molar-refractivity contribution in [1.29, 1.82) is 0 Å². The van der Waals surface area contributed by atoms with Crippen LogP contribution in [0.25, 0.3) is 0 Å². The van der Waals surface area contributed by atoms with Crippen LogP contribution < -0.4 is 20.9 Å². The lowest BCUT2D eigenvalue weighted by Gasteiger charge is -2.12. The Morgan fingerprint density at radius 1 is 1.04 bits per heavy atom. The monoisotopic (exact) mass is 329 g/mol. The Kier molecular flexibility index (Phi) is 6.38. The predicted molar refractivity (Wildman–Crippen MR) is 95.5 cm³/mol. The Bertz CT molecular complexity index is 645. The molecule has 6 heteroatoms. The van der Waals surface area contributed by atoms with Gasteiger partial charge in [-0.1, -0.05) is 25.1 Å². The van der Waals surface area contributed by atoms with Crippen molar-refractivity contribution in [3.05, 3.63) is 60.2 Å². The van der Waals surface area contributed by atoms with E-state index in [1.165, 1.54) is 0 Å². The van der Waals surface area contributed by atoms with Crippen LogP contribution in [-0.4, -0.2) is 17.6 Å². The smallest absolute Gasteiger partial charge is 0.269 e. The van der Waals surface area contributed by atoms with E-state index in [0.717, 1.165) is 17.9 Å². The highest BCUT2D eigenvalue weighted by molar-refractivity contribution is 7.80. The van der Waals surface area contributed by atoms with Gasteiger partial charge in [0.25, 0.3) is 5.91 Å². The summed E-state index contributed by atoms with van der Waals surface area (Å²) in [5, 5.41) is 3.28. The highest BCUT2D eigenvalue weighted by atomic mass is 32.1. The second-order valence-electron chi connectivity index (χ2n) is 4.77. The van der Waals surface area contributed by atoms with E-state index >= 15 is 0 Å². The van der Waals surface area contributed by atoms with E-state index in [0.29, 0.717) is 17.3 Å². The first kappa shape index (κ1) is 16.8. The molecule has 5 nitrogen and oxygen atoms in total. The fourth-order valence-corrected chi connectivity index (χ4v) is 1.96. The molecule has 0 aliphatic heterocycles. The fourth-order valence-electron chi connectivity index (χ4n) is 1.79. The minimum Gasteiger partial charge on any atom is -0.494 e. The summed E-state index contributed by atoms with van der Waals surface area (Å²) in [5.74, 6) is 0.474. The summed E-state index contributed by atoms with van der Waals surface area (Å²) in [6.07, 6.45) is 0.942. The normalized spacial score (nSPS) is 9.78. The Morgan fingerprint density at radius 3 is 2.39 bits per heavy atom. The number of hydrogen-bond acceptors (Lipinski definition) is 3. The van der Waals surface area contributed by atoms with Gasteiger partial charge in [-0.3, -0.25) is 15.6 Å². The number of anilines is 1. The van der Waals surface area contributed by atoms with Crippen molar-refractivity contribution >= 4 is 28.9 Å². The van der Waals surface area contributed by atoms with Crippen LogP contribution in [-0.2, 0) is 0 Å². The number of hydrogen-bond donors (Lipinski definition) is 3. The molecule has 0 heterocycles. The number of para-hydroxylation sites is 1. The van der Waals surface area contributed by atoms with Crippen LogP contribution in [0.1, 0.15) is 23.7 Å². The van der Waals surface area contributed by atoms with Gasteiger partial charge in [0.1, 0.15) is 5.75 Å². The number of thiocarbonyl (C=S) groups is 1. The van der Waals surface area contributed by atoms with Crippen LogP contribution in [0.4, 0.5) is 5.69 Å². The van der Waals surface area contributed by atoms with E-state index in [-0.39, 0.29) is 5.91 Å². The van der Waals surface area contributed by atoms with Gasteiger partial charge in [0.15, 0.2) is 5.11 Å². The van der Waals surface area contributed by atoms with Crippen LogP contribution in [0, 0.1) is 0 Å². The first-order chi connectivity index (χ1) is 11.2. The van der Waals surface area contributed by atoms with Gasteiger partial charge in [0.05, 0.1) is 6.61 Å². The van der Waals surface area contributed by atoms with E-state index in [4.69, 9.17) is 17.0 Å². The van der Waals surface area contributed by atoms with E-state index < -0.39 is 0 Å². The van der Waals surface area contributed by atoms with Crippen molar-refractivity contribution in [2.24, 2.45) is 0 Å². The third-order valence-corrected chi connectivity index (χ3v) is 3.11. The number of amides is 1. The third kappa shape index (κ3) is 5.60. The molecule has 2 aromatic rings. The maximum Gasteiger partial charge on any atom is 0.269 e. The summed E-state index contributed by atoms with van der Waals surface area (Å²) < 4.78 is 5.48. The zero-order chi connectivity index (χ0) is 16.5. The second kappa shape index (κ2) is 8.75. The van der Waals surface area contributed by atoms with E-state index in [2.05, 4.69) is 16.2 Å². The molecule has 0 aliphatic rings. The number of ether oxygens (including phenoxy) is 1.